The molecule has 5 rings (SSSR count). The number of aromatic carboxylic acids is 1. The van der Waals surface area contributed by atoms with E-state index < -0.39 is 18.1 Å². The zero-order chi connectivity index (χ0) is 26.5. The van der Waals surface area contributed by atoms with Crippen LogP contribution in [0.25, 0.3) is 39.0 Å². The van der Waals surface area contributed by atoms with Gasteiger partial charge in [0.1, 0.15) is 28.6 Å². The SMILES string of the molecule is Cc1noc(C)c1-c1cnc2c(c1)c(-c1ccc(C(=O)O)cc1OC(F)(F)F)cn2-c1cnccc1O. The van der Waals surface area contributed by atoms with E-state index in [0.717, 1.165) is 6.07 Å². The fourth-order valence-corrected chi connectivity index (χ4v) is 4.19. The Morgan fingerprint density at radius 2 is 1.89 bits per heavy atom. The lowest BCUT2D eigenvalue weighted by atomic mass is 10.00. The number of nitrogens with zero attached hydrogens (tertiary/aromatic N) is 4. The zero-order valence-electron chi connectivity index (χ0n) is 19.2. The van der Waals surface area contributed by atoms with Crippen molar-refractivity contribution in [2.24, 2.45) is 0 Å². The Kier molecular flexibility index (Phi) is 5.58. The van der Waals surface area contributed by atoms with Crippen LogP contribution in [-0.4, -0.2) is 42.2 Å². The van der Waals surface area contributed by atoms with Crippen LogP contribution in [0.1, 0.15) is 21.8 Å². The van der Waals surface area contributed by atoms with Crippen molar-refractivity contribution in [1.82, 2.24) is 19.7 Å². The number of carbonyl (C=O) groups is 1. The predicted molar refractivity (Wildman–Crippen MR) is 125 cm³/mol. The molecule has 0 unspecified atom stereocenters. The minimum atomic E-state index is -5.08. The van der Waals surface area contributed by atoms with E-state index in [1.54, 1.807) is 26.1 Å². The third-order valence-corrected chi connectivity index (χ3v) is 5.75. The van der Waals surface area contributed by atoms with Crippen molar-refractivity contribution in [3.05, 3.63) is 72.1 Å². The summed E-state index contributed by atoms with van der Waals surface area (Å²) in [5, 5.41) is 24.1. The second kappa shape index (κ2) is 8.66. The van der Waals surface area contributed by atoms with Crippen molar-refractivity contribution in [1.29, 1.82) is 0 Å². The number of aromatic hydroxyl groups is 1. The van der Waals surface area contributed by atoms with Crippen LogP contribution < -0.4 is 4.74 Å². The average Bonchev–Trinajstić information content (AvgIpc) is 3.37. The molecule has 188 valence electrons. The molecule has 12 heteroatoms. The van der Waals surface area contributed by atoms with Gasteiger partial charge >= 0.3 is 12.3 Å². The normalized spacial score (nSPS) is 11.7. The lowest BCUT2D eigenvalue weighted by molar-refractivity contribution is -0.274. The number of alkyl halides is 3. The van der Waals surface area contributed by atoms with E-state index in [-0.39, 0.29) is 28.1 Å². The van der Waals surface area contributed by atoms with Gasteiger partial charge in [0.05, 0.1) is 17.5 Å². The zero-order valence-corrected chi connectivity index (χ0v) is 19.2. The van der Waals surface area contributed by atoms with Crippen molar-refractivity contribution >= 4 is 17.0 Å². The van der Waals surface area contributed by atoms with Crippen molar-refractivity contribution < 1.29 is 37.4 Å². The number of halogens is 3. The number of benzene rings is 1. The molecule has 0 atom stereocenters. The maximum Gasteiger partial charge on any atom is 0.573 e. The lowest BCUT2D eigenvalue weighted by Gasteiger charge is -2.14. The number of rotatable bonds is 5. The molecule has 4 heterocycles. The van der Waals surface area contributed by atoms with Gasteiger partial charge in [0, 0.05) is 52.3 Å². The average molecular weight is 510 g/mol. The van der Waals surface area contributed by atoms with Crippen molar-refractivity contribution in [3.63, 3.8) is 0 Å². The molecule has 0 spiro atoms. The molecule has 0 aliphatic carbocycles. The first-order valence-electron chi connectivity index (χ1n) is 10.7. The molecule has 0 amide bonds. The third kappa shape index (κ3) is 4.33. The van der Waals surface area contributed by atoms with Gasteiger partial charge < -0.3 is 19.5 Å². The highest BCUT2D eigenvalue weighted by Gasteiger charge is 2.33. The van der Waals surface area contributed by atoms with E-state index in [4.69, 9.17) is 4.52 Å². The summed E-state index contributed by atoms with van der Waals surface area (Å²) >= 11 is 0. The molecule has 0 bridgehead atoms. The summed E-state index contributed by atoms with van der Waals surface area (Å²) in [4.78, 5) is 20.0. The quantitative estimate of drug-likeness (QED) is 0.310. The van der Waals surface area contributed by atoms with Gasteiger partial charge in [0.25, 0.3) is 0 Å². The second-order valence-corrected chi connectivity index (χ2v) is 8.14. The molecule has 9 nitrogen and oxygen atoms in total. The second-order valence-electron chi connectivity index (χ2n) is 8.14. The van der Waals surface area contributed by atoms with Crippen LogP contribution in [0.2, 0.25) is 0 Å². The Morgan fingerprint density at radius 1 is 1.11 bits per heavy atom. The topological polar surface area (TPSA) is 124 Å². The fourth-order valence-electron chi connectivity index (χ4n) is 4.19. The first-order valence-corrected chi connectivity index (χ1v) is 10.7. The van der Waals surface area contributed by atoms with Crippen LogP contribution in [0.15, 0.2) is 59.6 Å². The first kappa shape index (κ1) is 23.9. The number of ether oxygens (including phenoxy) is 1. The lowest BCUT2D eigenvalue weighted by Crippen LogP contribution is -2.18. The highest BCUT2D eigenvalue weighted by Crippen LogP contribution is 2.41. The van der Waals surface area contributed by atoms with Gasteiger partial charge in [-0.1, -0.05) is 5.16 Å². The number of aromatic nitrogens is 4. The van der Waals surface area contributed by atoms with Gasteiger partial charge in [0.15, 0.2) is 0 Å². The molecule has 37 heavy (non-hydrogen) atoms. The summed E-state index contributed by atoms with van der Waals surface area (Å²) in [5.41, 5.74) is 2.22. The molecular formula is C25H17F3N4O5. The number of aryl methyl sites for hydroxylation is 2. The Labute approximate surface area is 206 Å². The van der Waals surface area contributed by atoms with Gasteiger partial charge in [-0.25, -0.2) is 9.78 Å². The highest BCUT2D eigenvalue weighted by atomic mass is 19.4. The van der Waals surface area contributed by atoms with Crippen LogP contribution in [0.3, 0.4) is 0 Å². The number of carboxylic acid groups (broad SMARTS) is 1. The Balaban J connectivity index is 1.83. The smallest absolute Gasteiger partial charge is 0.506 e. The van der Waals surface area contributed by atoms with Gasteiger partial charge in [-0.3, -0.25) is 9.55 Å². The molecule has 0 fully saturated rings. The summed E-state index contributed by atoms with van der Waals surface area (Å²) in [6, 6.07) is 6.28. The monoisotopic (exact) mass is 510 g/mol. The molecule has 0 saturated heterocycles. The molecule has 0 aliphatic rings. The summed E-state index contributed by atoms with van der Waals surface area (Å²) in [5.74, 6) is -1.73. The Bertz CT molecular complexity index is 1650. The summed E-state index contributed by atoms with van der Waals surface area (Å²) < 4.78 is 50.9. The largest absolute Gasteiger partial charge is 0.573 e. The standard InChI is InChI=1S/C25H17F3N4O5/c1-12-22(13(2)37-31-12)15-7-17-18(11-32(23(17)30-9-15)19-10-29-6-5-20(19)33)16-4-3-14(24(34)35)8-21(16)36-25(26,27)28/h3-11H,1-2H3,(H,29,33)(H,34,35). The first-order chi connectivity index (χ1) is 17.5. The number of fused-ring (bicyclic) bond motifs is 1. The van der Waals surface area contributed by atoms with Gasteiger partial charge in [-0.15, -0.1) is 13.2 Å². The van der Waals surface area contributed by atoms with E-state index >= 15 is 0 Å². The summed E-state index contributed by atoms with van der Waals surface area (Å²) in [7, 11) is 0. The van der Waals surface area contributed by atoms with Gasteiger partial charge in [-0.2, -0.15) is 0 Å². The Morgan fingerprint density at radius 3 is 2.54 bits per heavy atom. The van der Waals surface area contributed by atoms with Crippen LogP contribution in [0, 0.1) is 13.8 Å². The molecular weight excluding hydrogens is 493 g/mol. The molecule has 1 aromatic carbocycles. The fraction of sp³-hybridized carbons (Fsp3) is 0.120. The molecule has 2 N–H and O–H groups in total. The van der Waals surface area contributed by atoms with Crippen LogP contribution in [0.5, 0.6) is 11.5 Å². The van der Waals surface area contributed by atoms with Gasteiger partial charge in [0.2, 0.25) is 0 Å². The van der Waals surface area contributed by atoms with Crippen molar-refractivity contribution in [2.75, 3.05) is 0 Å². The maximum absolute atomic E-state index is 13.3. The van der Waals surface area contributed by atoms with Crippen LogP contribution in [-0.2, 0) is 0 Å². The third-order valence-electron chi connectivity index (χ3n) is 5.75. The molecule has 0 aliphatic heterocycles. The Hall–Kier alpha value is -4.87. The minimum absolute atomic E-state index is 0.0350. The van der Waals surface area contributed by atoms with E-state index in [1.165, 1.54) is 41.4 Å². The molecule has 0 radical (unpaired) electrons. The number of pyridine rings is 2. The van der Waals surface area contributed by atoms with Crippen LogP contribution in [0.4, 0.5) is 13.2 Å². The van der Waals surface area contributed by atoms with Crippen molar-refractivity contribution in [3.8, 4) is 39.4 Å². The number of hydrogen-bond acceptors (Lipinski definition) is 7. The molecule has 0 saturated carbocycles. The molecule has 4 aromatic heterocycles. The molecule has 5 aromatic rings. The van der Waals surface area contributed by atoms with Gasteiger partial charge in [-0.05, 0) is 38.1 Å². The predicted octanol–water partition coefficient (Wildman–Crippen LogP) is 5.66. The van der Waals surface area contributed by atoms with E-state index in [2.05, 4.69) is 19.9 Å². The summed E-state index contributed by atoms with van der Waals surface area (Å²) in [6.45, 7) is 3.47. The van der Waals surface area contributed by atoms with E-state index in [0.29, 0.717) is 33.6 Å². The van der Waals surface area contributed by atoms with E-state index in [1.807, 2.05) is 0 Å². The maximum atomic E-state index is 13.3. The number of hydrogen-bond donors (Lipinski definition) is 2. The summed E-state index contributed by atoms with van der Waals surface area (Å²) in [6.07, 6.45) is 0.719. The number of carboxylic acids is 1. The highest BCUT2D eigenvalue weighted by molar-refractivity contribution is 6.00. The van der Waals surface area contributed by atoms with Crippen molar-refractivity contribution in [2.45, 2.75) is 20.2 Å². The van der Waals surface area contributed by atoms with Crippen LogP contribution >= 0.6 is 0 Å². The minimum Gasteiger partial charge on any atom is -0.506 e. The van der Waals surface area contributed by atoms with E-state index in [9.17, 15) is 28.2 Å².